The minimum Gasteiger partial charge on any atom is -0.389 e. The minimum absolute atomic E-state index is 0.0569. The maximum Gasteiger partial charge on any atom is 0.239 e. The fraction of sp³-hybridized carbons (Fsp3) is 0.619. The fourth-order valence-corrected chi connectivity index (χ4v) is 3.98. The topological polar surface area (TPSA) is 106 Å². The van der Waals surface area contributed by atoms with Crippen LogP contribution in [0.25, 0.3) is 0 Å². The fourth-order valence-electron chi connectivity index (χ4n) is 3.98. The highest BCUT2D eigenvalue weighted by Gasteiger charge is 2.38. The highest BCUT2D eigenvalue weighted by molar-refractivity contribution is 5.84. The molecule has 4 atom stereocenters. The van der Waals surface area contributed by atoms with Gasteiger partial charge in [0, 0.05) is 32.2 Å². The van der Waals surface area contributed by atoms with E-state index in [0.29, 0.717) is 26.2 Å². The molecule has 178 valence electrons. The highest BCUT2D eigenvalue weighted by atomic mass is 19.1. The van der Waals surface area contributed by atoms with E-state index in [1.54, 1.807) is 17.0 Å². The smallest absolute Gasteiger partial charge is 0.239 e. The molecule has 1 aromatic carbocycles. The van der Waals surface area contributed by atoms with Gasteiger partial charge in [0.15, 0.2) is 0 Å². The van der Waals surface area contributed by atoms with Crippen molar-refractivity contribution in [3.63, 3.8) is 0 Å². The molecule has 0 spiro atoms. The van der Waals surface area contributed by atoms with Gasteiger partial charge in [-0.2, -0.15) is 5.06 Å². The van der Waals surface area contributed by atoms with Gasteiger partial charge in [-0.15, -0.1) is 0 Å². The van der Waals surface area contributed by atoms with E-state index in [1.165, 1.54) is 0 Å². The Labute approximate surface area is 186 Å². The van der Waals surface area contributed by atoms with Gasteiger partial charge in [-0.25, -0.2) is 8.78 Å². The van der Waals surface area contributed by atoms with E-state index < -0.39 is 41.8 Å². The molecule has 0 aliphatic carbocycles. The van der Waals surface area contributed by atoms with Crippen molar-refractivity contribution in [1.82, 2.24) is 25.9 Å². The van der Waals surface area contributed by atoms with Crippen LogP contribution in [0.2, 0.25) is 0 Å². The molecule has 1 unspecified atom stereocenters. The van der Waals surface area contributed by atoms with Crippen LogP contribution in [0.15, 0.2) is 18.2 Å². The lowest BCUT2D eigenvalue weighted by Crippen LogP contribution is -2.65. The van der Waals surface area contributed by atoms with E-state index in [4.69, 9.17) is 4.84 Å². The summed E-state index contributed by atoms with van der Waals surface area (Å²) in [6.07, 6.45) is -0.520. The maximum absolute atomic E-state index is 13.7. The predicted octanol–water partition coefficient (Wildman–Crippen LogP) is -0.644. The number of amides is 2. The summed E-state index contributed by atoms with van der Waals surface area (Å²) in [6.45, 7) is 4.11. The van der Waals surface area contributed by atoms with Gasteiger partial charge in [0.25, 0.3) is 0 Å². The van der Waals surface area contributed by atoms with Gasteiger partial charge in [-0.3, -0.25) is 19.3 Å². The lowest BCUT2D eigenvalue weighted by Gasteiger charge is -2.39. The molecule has 11 heteroatoms. The Kier molecular flexibility index (Phi) is 8.49. The number of halogens is 2. The zero-order chi connectivity index (χ0) is 23.3. The van der Waals surface area contributed by atoms with E-state index in [1.807, 2.05) is 6.92 Å². The summed E-state index contributed by atoms with van der Waals surface area (Å²) in [5.74, 6) is -2.28. The highest BCUT2D eigenvalue weighted by Crippen LogP contribution is 2.16. The van der Waals surface area contributed by atoms with Crippen LogP contribution < -0.4 is 16.0 Å². The number of aliphatic hydroxyl groups excluding tert-OH is 1. The summed E-state index contributed by atoms with van der Waals surface area (Å²) in [5.41, 5.74) is 0.260. The van der Waals surface area contributed by atoms with Crippen LogP contribution in [0.5, 0.6) is 0 Å². The molecule has 2 aliphatic rings. The number of likely N-dealkylation sites (N-methyl/N-ethyl adjacent to an activating group) is 1. The number of nitrogens with one attached hydrogen (secondary N) is 3. The van der Waals surface area contributed by atoms with E-state index in [0.717, 1.165) is 24.6 Å². The first-order chi connectivity index (χ1) is 15.3. The molecule has 2 heterocycles. The van der Waals surface area contributed by atoms with E-state index in [9.17, 15) is 23.5 Å². The van der Waals surface area contributed by atoms with Crippen LogP contribution >= 0.6 is 0 Å². The third-order valence-electron chi connectivity index (χ3n) is 5.66. The quantitative estimate of drug-likeness (QED) is 0.413. The van der Waals surface area contributed by atoms with Crippen molar-refractivity contribution in [3.05, 3.63) is 35.4 Å². The molecule has 2 saturated heterocycles. The van der Waals surface area contributed by atoms with Crippen LogP contribution in [0.1, 0.15) is 18.9 Å². The first-order valence-corrected chi connectivity index (χ1v) is 10.8. The minimum atomic E-state index is -1.32. The standard InChI is InChI=1S/C21H31F2N5O4/c1-3-6-28-11-17(27(2)12-32-28)20(30)26-16(9-13-7-14(22)10-15(23)8-13)19(29)18-21(31)25-5-4-24-18/h7-8,10,16-19,24,29H,3-6,9,11-12H2,1-2H3,(H,25,31)(H,26,30)/t16-,17?,18-,19-/m0/s1. The van der Waals surface area contributed by atoms with Crippen molar-refractivity contribution in [2.24, 2.45) is 0 Å². The maximum atomic E-state index is 13.7. The molecular weight excluding hydrogens is 424 g/mol. The van der Waals surface area contributed by atoms with Crippen molar-refractivity contribution in [2.75, 3.05) is 40.0 Å². The van der Waals surface area contributed by atoms with Gasteiger partial charge < -0.3 is 21.1 Å². The average Bonchev–Trinajstić information content (AvgIpc) is 2.74. The normalized spacial score (nSPS) is 24.6. The molecule has 32 heavy (non-hydrogen) atoms. The Balaban J connectivity index is 1.79. The second-order valence-electron chi connectivity index (χ2n) is 8.23. The van der Waals surface area contributed by atoms with Crippen LogP contribution in [-0.4, -0.2) is 91.1 Å². The van der Waals surface area contributed by atoms with E-state index >= 15 is 0 Å². The molecule has 2 amide bonds. The second-order valence-corrected chi connectivity index (χ2v) is 8.23. The average molecular weight is 456 g/mol. The molecule has 2 aliphatic heterocycles. The lowest BCUT2D eigenvalue weighted by atomic mass is 9.94. The molecule has 2 fully saturated rings. The molecule has 9 nitrogen and oxygen atoms in total. The largest absolute Gasteiger partial charge is 0.389 e. The number of hydroxylamine groups is 2. The summed E-state index contributed by atoms with van der Waals surface area (Å²) >= 11 is 0. The number of rotatable bonds is 8. The van der Waals surface area contributed by atoms with Crippen LogP contribution in [0, 0.1) is 11.6 Å². The molecule has 1 aromatic rings. The Hall–Kier alpha value is -2.18. The summed E-state index contributed by atoms with van der Waals surface area (Å²) < 4.78 is 27.4. The van der Waals surface area contributed by atoms with E-state index in [2.05, 4.69) is 16.0 Å². The number of hydrogen-bond acceptors (Lipinski definition) is 7. The van der Waals surface area contributed by atoms with Gasteiger partial charge in [0.2, 0.25) is 11.8 Å². The van der Waals surface area contributed by atoms with Crippen molar-refractivity contribution >= 4 is 11.8 Å². The second kappa shape index (κ2) is 11.1. The van der Waals surface area contributed by atoms with Gasteiger partial charge in [-0.05, 0) is 37.6 Å². The molecule has 0 saturated carbocycles. The third kappa shape index (κ3) is 6.20. The summed E-state index contributed by atoms with van der Waals surface area (Å²) in [7, 11) is 1.75. The summed E-state index contributed by atoms with van der Waals surface area (Å²) in [5, 5.41) is 21.1. The monoisotopic (exact) mass is 455 g/mol. The van der Waals surface area contributed by atoms with Crippen LogP contribution in [-0.2, 0) is 20.8 Å². The molecule has 0 aromatic heterocycles. The van der Waals surface area contributed by atoms with Crippen molar-refractivity contribution in [3.8, 4) is 0 Å². The lowest BCUT2D eigenvalue weighted by molar-refractivity contribution is -0.233. The van der Waals surface area contributed by atoms with Crippen molar-refractivity contribution in [2.45, 2.75) is 44.0 Å². The zero-order valence-corrected chi connectivity index (χ0v) is 18.3. The van der Waals surface area contributed by atoms with E-state index in [-0.39, 0.29) is 24.6 Å². The van der Waals surface area contributed by atoms with Gasteiger partial charge in [-0.1, -0.05) is 6.92 Å². The Bertz CT molecular complexity index is 794. The molecular formula is C21H31F2N5O4. The SMILES string of the molecule is CCCN1CC(C(=O)N[C@@H](Cc2cc(F)cc(F)c2)[C@H](O)[C@@H]2NCCNC2=O)N(C)CO1. The molecule has 3 rings (SSSR count). The van der Waals surface area contributed by atoms with Gasteiger partial charge >= 0.3 is 0 Å². The number of nitrogens with zero attached hydrogens (tertiary/aromatic N) is 2. The summed E-state index contributed by atoms with van der Waals surface area (Å²) in [4.78, 5) is 32.7. The number of aliphatic hydroxyl groups is 1. The number of carbonyl (C=O) groups is 2. The molecule has 4 N–H and O–H groups in total. The van der Waals surface area contributed by atoms with Gasteiger partial charge in [0.05, 0.1) is 12.1 Å². The Morgan fingerprint density at radius 2 is 2.03 bits per heavy atom. The molecule has 0 bridgehead atoms. The number of carbonyl (C=O) groups excluding carboxylic acids is 2. The Morgan fingerprint density at radius 1 is 1.31 bits per heavy atom. The first kappa shape index (κ1) is 24.5. The van der Waals surface area contributed by atoms with Crippen molar-refractivity contribution < 1.29 is 28.3 Å². The van der Waals surface area contributed by atoms with Crippen LogP contribution in [0.3, 0.4) is 0 Å². The van der Waals surface area contributed by atoms with Gasteiger partial charge in [0.1, 0.15) is 30.4 Å². The number of benzene rings is 1. The molecule has 0 radical (unpaired) electrons. The predicted molar refractivity (Wildman–Crippen MR) is 112 cm³/mol. The first-order valence-electron chi connectivity index (χ1n) is 10.8. The van der Waals surface area contributed by atoms with Crippen molar-refractivity contribution in [1.29, 1.82) is 0 Å². The van der Waals surface area contributed by atoms with Crippen LogP contribution in [0.4, 0.5) is 8.78 Å². The number of hydrogen-bond donors (Lipinski definition) is 4. The zero-order valence-electron chi connectivity index (χ0n) is 18.3. The summed E-state index contributed by atoms with van der Waals surface area (Å²) in [6, 6.07) is 0.572. The third-order valence-corrected chi connectivity index (χ3v) is 5.66. The number of piperazine rings is 1. The Morgan fingerprint density at radius 3 is 2.69 bits per heavy atom.